The van der Waals surface area contributed by atoms with Gasteiger partial charge in [-0.2, -0.15) is 0 Å². The molecule has 1 aromatic carbocycles. The molecule has 1 N–H and O–H groups in total. The molecule has 2 rings (SSSR count). The van der Waals surface area contributed by atoms with E-state index in [2.05, 4.69) is 15.3 Å². The number of aryl methyl sites for hydroxylation is 2. The molecule has 128 valence electrons. The molecule has 0 saturated heterocycles. The molecular formula is C17H21N3O4. The number of anilines is 1. The van der Waals surface area contributed by atoms with Gasteiger partial charge in [-0.3, -0.25) is 4.79 Å². The number of aromatic nitrogens is 2. The second kappa shape index (κ2) is 8.95. The average molecular weight is 331 g/mol. The van der Waals surface area contributed by atoms with Crippen molar-refractivity contribution in [3.8, 4) is 11.8 Å². The van der Waals surface area contributed by atoms with Gasteiger partial charge < -0.3 is 19.5 Å². The summed E-state index contributed by atoms with van der Waals surface area (Å²) in [5.41, 5.74) is 2.34. The Bertz CT molecular complexity index is 654. The number of nitrogens with one attached hydrogen (secondary N) is 1. The predicted molar refractivity (Wildman–Crippen MR) is 89.3 cm³/mol. The van der Waals surface area contributed by atoms with E-state index < -0.39 is 0 Å². The van der Waals surface area contributed by atoms with E-state index in [1.54, 1.807) is 31.4 Å². The van der Waals surface area contributed by atoms with Crippen LogP contribution < -0.4 is 10.1 Å². The van der Waals surface area contributed by atoms with Gasteiger partial charge in [-0.1, -0.05) is 0 Å². The molecule has 1 amide bonds. The lowest BCUT2D eigenvalue weighted by Gasteiger charge is -2.08. The smallest absolute Gasteiger partial charge is 0.322 e. The summed E-state index contributed by atoms with van der Waals surface area (Å²) in [4.78, 5) is 20.1. The van der Waals surface area contributed by atoms with E-state index in [0.717, 1.165) is 11.4 Å². The maximum Gasteiger partial charge on any atom is 0.322 e. The molecule has 7 nitrogen and oxygen atoms in total. The van der Waals surface area contributed by atoms with E-state index in [1.807, 2.05) is 19.9 Å². The molecule has 24 heavy (non-hydrogen) atoms. The molecule has 1 heterocycles. The van der Waals surface area contributed by atoms with Crippen molar-refractivity contribution in [3.05, 3.63) is 41.7 Å². The zero-order valence-corrected chi connectivity index (χ0v) is 14.0. The average Bonchev–Trinajstić information content (AvgIpc) is 2.52. The van der Waals surface area contributed by atoms with Crippen molar-refractivity contribution in [2.24, 2.45) is 0 Å². The third-order valence-corrected chi connectivity index (χ3v) is 2.97. The maximum absolute atomic E-state index is 11.7. The fourth-order valence-corrected chi connectivity index (χ4v) is 1.96. The van der Waals surface area contributed by atoms with Crippen LogP contribution in [0, 0.1) is 13.8 Å². The standard InChI is InChI=1S/C17H21N3O4/c1-12-10-13(2)19-17(18-12)24-15-6-4-14(5-7-15)20-16(21)11-23-9-8-22-3/h4-7,10H,8-9,11H2,1-3H3,(H,20,21). The normalized spacial score (nSPS) is 10.5. The lowest BCUT2D eigenvalue weighted by molar-refractivity contribution is -0.121. The highest BCUT2D eigenvalue weighted by atomic mass is 16.5. The van der Waals surface area contributed by atoms with Gasteiger partial charge in [-0.15, -0.1) is 0 Å². The van der Waals surface area contributed by atoms with Crippen LogP contribution in [0.1, 0.15) is 11.4 Å². The zero-order chi connectivity index (χ0) is 17.4. The molecule has 0 bridgehead atoms. The molecule has 0 aliphatic heterocycles. The van der Waals surface area contributed by atoms with E-state index in [9.17, 15) is 4.79 Å². The van der Waals surface area contributed by atoms with Gasteiger partial charge >= 0.3 is 6.01 Å². The minimum atomic E-state index is -0.225. The molecular weight excluding hydrogens is 310 g/mol. The molecule has 0 radical (unpaired) electrons. The Morgan fingerprint density at radius 2 is 1.75 bits per heavy atom. The number of amides is 1. The summed E-state index contributed by atoms with van der Waals surface area (Å²) in [5, 5.41) is 2.74. The minimum Gasteiger partial charge on any atom is -0.424 e. The summed E-state index contributed by atoms with van der Waals surface area (Å²) in [7, 11) is 1.58. The topological polar surface area (TPSA) is 82.6 Å². The van der Waals surface area contributed by atoms with Gasteiger partial charge in [0.05, 0.1) is 13.2 Å². The van der Waals surface area contributed by atoms with Crippen LogP contribution in [0.2, 0.25) is 0 Å². The number of rotatable bonds is 8. The van der Waals surface area contributed by atoms with E-state index in [-0.39, 0.29) is 12.5 Å². The molecule has 2 aromatic rings. The van der Waals surface area contributed by atoms with Gasteiger partial charge in [0.1, 0.15) is 12.4 Å². The lowest BCUT2D eigenvalue weighted by atomic mass is 10.3. The lowest BCUT2D eigenvalue weighted by Crippen LogP contribution is -2.19. The minimum absolute atomic E-state index is 0.0159. The summed E-state index contributed by atoms with van der Waals surface area (Å²) in [6.45, 7) is 4.59. The highest BCUT2D eigenvalue weighted by molar-refractivity contribution is 5.91. The number of hydrogen-bond donors (Lipinski definition) is 1. The monoisotopic (exact) mass is 331 g/mol. The van der Waals surface area contributed by atoms with Gasteiger partial charge in [0.25, 0.3) is 0 Å². The number of ether oxygens (including phenoxy) is 3. The number of carbonyl (C=O) groups excluding carboxylic acids is 1. The summed E-state index contributed by atoms with van der Waals surface area (Å²) in [6, 6.07) is 9.14. The third-order valence-electron chi connectivity index (χ3n) is 2.97. The number of nitrogens with zero attached hydrogens (tertiary/aromatic N) is 2. The zero-order valence-electron chi connectivity index (χ0n) is 14.0. The summed E-state index contributed by atoms with van der Waals surface area (Å²) in [5.74, 6) is 0.367. The van der Waals surface area contributed by atoms with Gasteiger partial charge in [-0.05, 0) is 44.2 Å². The SMILES string of the molecule is COCCOCC(=O)Nc1ccc(Oc2nc(C)cc(C)n2)cc1. The first-order valence-corrected chi connectivity index (χ1v) is 7.53. The Hall–Kier alpha value is -2.51. The number of carbonyl (C=O) groups is 1. The molecule has 0 atom stereocenters. The van der Waals surface area contributed by atoms with E-state index in [1.165, 1.54) is 0 Å². The van der Waals surface area contributed by atoms with E-state index in [0.29, 0.717) is 30.7 Å². The van der Waals surface area contributed by atoms with Gasteiger partial charge in [0.15, 0.2) is 0 Å². The Morgan fingerprint density at radius 1 is 1.08 bits per heavy atom. The van der Waals surface area contributed by atoms with Crippen molar-refractivity contribution >= 4 is 11.6 Å². The highest BCUT2D eigenvalue weighted by Crippen LogP contribution is 2.20. The van der Waals surface area contributed by atoms with E-state index >= 15 is 0 Å². The van der Waals surface area contributed by atoms with Gasteiger partial charge in [0.2, 0.25) is 5.91 Å². The number of hydrogen-bond acceptors (Lipinski definition) is 6. The van der Waals surface area contributed by atoms with Crippen LogP contribution in [0.4, 0.5) is 5.69 Å². The summed E-state index contributed by atoms with van der Waals surface area (Å²) >= 11 is 0. The van der Waals surface area contributed by atoms with Crippen LogP contribution in [-0.2, 0) is 14.3 Å². The highest BCUT2D eigenvalue weighted by Gasteiger charge is 2.05. The fourth-order valence-electron chi connectivity index (χ4n) is 1.96. The van der Waals surface area contributed by atoms with Crippen molar-refractivity contribution < 1.29 is 19.0 Å². The Kier molecular flexibility index (Phi) is 6.65. The van der Waals surface area contributed by atoms with Crippen molar-refractivity contribution in [2.75, 3.05) is 32.2 Å². The maximum atomic E-state index is 11.7. The predicted octanol–water partition coefficient (Wildman–Crippen LogP) is 2.49. The van der Waals surface area contributed by atoms with Crippen molar-refractivity contribution in [1.29, 1.82) is 0 Å². The summed E-state index contributed by atoms with van der Waals surface area (Å²) < 4.78 is 15.6. The molecule has 1 aromatic heterocycles. The first-order chi connectivity index (χ1) is 11.6. The van der Waals surface area contributed by atoms with Crippen LogP contribution in [-0.4, -0.2) is 42.8 Å². The second-order valence-electron chi connectivity index (χ2n) is 5.15. The van der Waals surface area contributed by atoms with Crippen molar-refractivity contribution in [1.82, 2.24) is 9.97 Å². The first-order valence-electron chi connectivity index (χ1n) is 7.53. The van der Waals surface area contributed by atoms with Crippen molar-refractivity contribution in [3.63, 3.8) is 0 Å². The van der Waals surface area contributed by atoms with Crippen LogP contribution in [0.15, 0.2) is 30.3 Å². The van der Waals surface area contributed by atoms with Crippen molar-refractivity contribution in [2.45, 2.75) is 13.8 Å². The number of methoxy groups -OCH3 is 1. The number of benzene rings is 1. The Balaban J connectivity index is 1.87. The van der Waals surface area contributed by atoms with Gasteiger partial charge in [0, 0.05) is 24.2 Å². The molecule has 0 saturated carbocycles. The Labute approximate surface area is 141 Å². The fraction of sp³-hybridized carbons (Fsp3) is 0.353. The molecule has 7 heteroatoms. The molecule has 0 unspecified atom stereocenters. The second-order valence-corrected chi connectivity index (χ2v) is 5.15. The molecule has 0 fully saturated rings. The van der Waals surface area contributed by atoms with Crippen LogP contribution in [0.25, 0.3) is 0 Å². The Morgan fingerprint density at radius 3 is 2.38 bits per heavy atom. The van der Waals surface area contributed by atoms with E-state index in [4.69, 9.17) is 14.2 Å². The largest absolute Gasteiger partial charge is 0.424 e. The quantitative estimate of drug-likeness (QED) is 0.748. The molecule has 0 aliphatic rings. The van der Waals surface area contributed by atoms with Crippen LogP contribution in [0.5, 0.6) is 11.8 Å². The first kappa shape index (κ1) is 17.8. The summed E-state index contributed by atoms with van der Waals surface area (Å²) in [6.07, 6.45) is 0. The van der Waals surface area contributed by atoms with Gasteiger partial charge in [-0.25, -0.2) is 9.97 Å². The van der Waals surface area contributed by atoms with Crippen LogP contribution in [0.3, 0.4) is 0 Å². The third kappa shape index (κ3) is 5.94. The molecule has 0 aliphatic carbocycles. The van der Waals surface area contributed by atoms with Crippen LogP contribution >= 0.6 is 0 Å². The molecule has 0 spiro atoms.